The molecule has 0 aromatic heterocycles. The standard InChI is InChI=1S/C13H10FNO3/c14-11-6-1-8(13(17)18)7-12(11)15-9-2-4-10(16)5-3-9/h1-7,15-16H,(H,17,18). The topological polar surface area (TPSA) is 69.6 Å². The zero-order valence-corrected chi connectivity index (χ0v) is 9.22. The van der Waals surface area contributed by atoms with Crippen LogP contribution in [-0.4, -0.2) is 16.2 Å². The lowest BCUT2D eigenvalue weighted by Gasteiger charge is -2.08. The van der Waals surface area contributed by atoms with Gasteiger partial charge in [0.15, 0.2) is 0 Å². The van der Waals surface area contributed by atoms with Gasteiger partial charge in [0.25, 0.3) is 0 Å². The maximum absolute atomic E-state index is 13.5. The van der Waals surface area contributed by atoms with Crippen molar-refractivity contribution in [2.75, 3.05) is 5.32 Å². The zero-order valence-electron chi connectivity index (χ0n) is 9.22. The van der Waals surface area contributed by atoms with Gasteiger partial charge in [-0.1, -0.05) is 0 Å². The molecule has 2 aromatic carbocycles. The molecule has 0 aliphatic rings. The number of aromatic carboxylic acids is 1. The molecule has 0 saturated heterocycles. The van der Waals surface area contributed by atoms with Gasteiger partial charge >= 0.3 is 5.97 Å². The molecule has 4 nitrogen and oxygen atoms in total. The molecule has 0 aliphatic heterocycles. The van der Waals surface area contributed by atoms with Crippen molar-refractivity contribution in [3.63, 3.8) is 0 Å². The third-order valence-electron chi connectivity index (χ3n) is 2.36. The Morgan fingerprint density at radius 1 is 1.11 bits per heavy atom. The lowest BCUT2D eigenvalue weighted by atomic mass is 10.2. The summed E-state index contributed by atoms with van der Waals surface area (Å²) in [6.07, 6.45) is 0. The minimum absolute atomic E-state index is 0.00215. The van der Waals surface area contributed by atoms with Crippen molar-refractivity contribution in [1.29, 1.82) is 0 Å². The van der Waals surface area contributed by atoms with E-state index in [0.717, 1.165) is 6.07 Å². The lowest BCUT2D eigenvalue weighted by molar-refractivity contribution is 0.0697. The van der Waals surface area contributed by atoms with Crippen molar-refractivity contribution in [1.82, 2.24) is 0 Å². The van der Waals surface area contributed by atoms with Crippen molar-refractivity contribution < 1.29 is 19.4 Å². The summed E-state index contributed by atoms with van der Waals surface area (Å²) in [5, 5.41) is 20.7. The van der Waals surface area contributed by atoms with Gasteiger partial charge in [-0.3, -0.25) is 0 Å². The molecule has 2 aromatic rings. The van der Waals surface area contributed by atoms with Crippen molar-refractivity contribution in [2.45, 2.75) is 0 Å². The van der Waals surface area contributed by atoms with Crippen LogP contribution in [-0.2, 0) is 0 Å². The van der Waals surface area contributed by atoms with Crippen LogP contribution in [0.2, 0.25) is 0 Å². The average molecular weight is 247 g/mol. The molecule has 0 unspecified atom stereocenters. The van der Waals surface area contributed by atoms with Gasteiger partial charge in [-0.25, -0.2) is 9.18 Å². The molecule has 0 radical (unpaired) electrons. The molecule has 2 rings (SSSR count). The largest absolute Gasteiger partial charge is 0.508 e. The Hall–Kier alpha value is -2.56. The number of phenolic OH excluding ortho intramolecular Hbond substituents is 1. The molecule has 0 bridgehead atoms. The van der Waals surface area contributed by atoms with Crippen molar-refractivity contribution in [3.8, 4) is 5.75 Å². The number of carboxylic acids is 1. The first-order chi connectivity index (χ1) is 8.56. The molecular formula is C13H10FNO3. The quantitative estimate of drug-likeness (QED) is 0.729. The van der Waals surface area contributed by atoms with Crippen molar-refractivity contribution in [2.24, 2.45) is 0 Å². The first kappa shape index (κ1) is 11.9. The van der Waals surface area contributed by atoms with Gasteiger partial charge < -0.3 is 15.5 Å². The fraction of sp³-hybridized carbons (Fsp3) is 0. The Labute approximate surface area is 102 Å². The predicted octanol–water partition coefficient (Wildman–Crippen LogP) is 2.97. The van der Waals surface area contributed by atoms with E-state index in [4.69, 9.17) is 10.2 Å². The Morgan fingerprint density at radius 2 is 1.78 bits per heavy atom. The van der Waals surface area contributed by atoms with E-state index >= 15 is 0 Å². The molecule has 0 atom stereocenters. The summed E-state index contributed by atoms with van der Waals surface area (Å²) in [6.45, 7) is 0. The van der Waals surface area contributed by atoms with Gasteiger partial charge in [-0.2, -0.15) is 0 Å². The van der Waals surface area contributed by atoms with E-state index in [9.17, 15) is 9.18 Å². The van der Waals surface area contributed by atoms with E-state index < -0.39 is 11.8 Å². The van der Waals surface area contributed by atoms with E-state index in [1.54, 1.807) is 12.1 Å². The second-order valence-corrected chi connectivity index (χ2v) is 3.67. The first-order valence-corrected chi connectivity index (χ1v) is 5.15. The van der Waals surface area contributed by atoms with Crippen LogP contribution in [0, 0.1) is 5.82 Å². The number of aromatic hydroxyl groups is 1. The maximum Gasteiger partial charge on any atom is 0.335 e. The van der Waals surface area contributed by atoms with Crippen LogP contribution in [0.3, 0.4) is 0 Å². The fourth-order valence-electron chi connectivity index (χ4n) is 1.45. The Balaban J connectivity index is 2.30. The number of phenols is 1. The average Bonchev–Trinajstić information content (AvgIpc) is 2.34. The molecule has 18 heavy (non-hydrogen) atoms. The Bertz CT molecular complexity index is 581. The van der Waals surface area contributed by atoms with Gasteiger partial charge in [0.2, 0.25) is 0 Å². The third kappa shape index (κ3) is 2.57. The van der Waals surface area contributed by atoms with E-state index in [1.807, 2.05) is 0 Å². The molecule has 3 N–H and O–H groups in total. The Kier molecular flexibility index (Phi) is 3.14. The van der Waals surface area contributed by atoms with Crippen LogP contribution in [0.4, 0.5) is 15.8 Å². The highest BCUT2D eigenvalue weighted by Gasteiger charge is 2.08. The molecule has 0 aliphatic carbocycles. The second-order valence-electron chi connectivity index (χ2n) is 3.67. The number of halogens is 1. The highest BCUT2D eigenvalue weighted by molar-refractivity contribution is 5.89. The van der Waals surface area contributed by atoms with Crippen LogP contribution >= 0.6 is 0 Å². The summed E-state index contributed by atoms with van der Waals surface area (Å²) in [6, 6.07) is 9.50. The lowest BCUT2D eigenvalue weighted by Crippen LogP contribution is -2.00. The van der Waals surface area contributed by atoms with E-state index in [0.29, 0.717) is 5.69 Å². The minimum atomic E-state index is -1.12. The van der Waals surface area contributed by atoms with Crippen LogP contribution in [0.5, 0.6) is 5.75 Å². The van der Waals surface area contributed by atoms with E-state index in [1.165, 1.54) is 24.3 Å². The van der Waals surface area contributed by atoms with Gasteiger partial charge in [-0.15, -0.1) is 0 Å². The first-order valence-electron chi connectivity index (χ1n) is 5.15. The summed E-state index contributed by atoms with van der Waals surface area (Å²) in [5.74, 6) is -1.57. The molecule has 0 fully saturated rings. The van der Waals surface area contributed by atoms with Gasteiger partial charge in [0.1, 0.15) is 11.6 Å². The maximum atomic E-state index is 13.5. The van der Waals surface area contributed by atoms with Gasteiger partial charge in [0.05, 0.1) is 11.3 Å². The van der Waals surface area contributed by atoms with Crippen LogP contribution in [0.1, 0.15) is 10.4 Å². The number of hydrogen-bond donors (Lipinski definition) is 3. The summed E-state index contributed by atoms with van der Waals surface area (Å²) in [4.78, 5) is 10.8. The van der Waals surface area contributed by atoms with Crippen molar-refractivity contribution in [3.05, 3.63) is 53.8 Å². The molecule has 92 valence electrons. The Morgan fingerprint density at radius 3 is 2.39 bits per heavy atom. The van der Waals surface area contributed by atoms with Crippen LogP contribution in [0.15, 0.2) is 42.5 Å². The number of carboxylic acid groups (broad SMARTS) is 1. The molecule has 0 spiro atoms. The van der Waals surface area contributed by atoms with Crippen LogP contribution < -0.4 is 5.32 Å². The number of anilines is 2. The summed E-state index contributed by atoms with van der Waals surface area (Å²) in [7, 11) is 0. The SMILES string of the molecule is O=C(O)c1ccc(F)c(Nc2ccc(O)cc2)c1. The van der Waals surface area contributed by atoms with E-state index in [2.05, 4.69) is 5.32 Å². The minimum Gasteiger partial charge on any atom is -0.508 e. The summed E-state index contributed by atoms with van der Waals surface area (Å²) < 4.78 is 13.5. The van der Waals surface area contributed by atoms with Crippen molar-refractivity contribution >= 4 is 17.3 Å². The molecule has 0 amide bonds. The number of nitrogens with one attached hydrogen (secondary N) is 1. The highest BCUT2D eigenvalue weighted by atomic mass is 19.1. The normalized spacial score (nSPS) is 10.1. The fourth-order valence-corrected chi connectivity index (χ4v) is 1.45. The molecular weight excluding hydrogens is 237 g/mol. The third-order valence-corrected chi connectivity index (χ3v) is 2.36. The van der Waals surface area contributed by atoms with Gasteiger partial charge in [0, 0.05) is 5.69 Å². The number of hydrogen-bond acceptors (Lipinski definition) is 3. The summed E-state index contributed by atoms with van der Waals surface area (Å²) >= 11 is 0. The number of carbonyl (C=O) groups is 1. The second kappa shape index (κ2) is 4.75. The van der Waals surface area contributed by atoms with Crippen LogP contribution in [0.25, 0.3) is 0 Å². The number of rotatable bonds is 3. The molecule has 0 saturated carbocycles. The molecule has 5 heteroatoms. The van der Waals surface area contributed by atoms with Gasteiger partial charge in [-0.05, 0) is 42.5 Å². The molecule has 0 heterocycles. The highest BCUT2D eigenvalue weighted by Crippen LogP contribution is 2.22. The predicted molar refractivity (Wildman–Crippen MR) is 64.7 cm³/mol. The van der Waals surface area contributed by atoms with E-state index in [-0.39, 0.29) is 17.0 Å². The summed E-state index contributed by atoms with van der Waals surface area (Å²) in [5.41, 5.74) is 0.618. The zero-order chi connectivity index (χ0) is 13.1. The number of benzene rings is 2. The monoisotopic (exact) mass is 247 g/mol. The smallest absolute Gasteiger partial charge is 0.335 e.